The Morgan fingerprint density at radius 3 is 2.52 bits per heavy atom. The average molecular weight is 385 g/mol. The van der Waals surface area contributed by atoms with Crippen molar-refractivity contribution in [1.82, 2.24) is 0 Å². The van der Waals surface area contributed by atoms with Crippen LogP contribution < -0.4 is 5.32 Å². The molecular formula is C16H16FNO5S2. The number of rotatable bonds is 7. The summed E-state index contributed by atoms with van der Waals surface area (Å²) in [4.78, 5) is 23.7. The second kappa shape index (κ2) is 8.21. The van der Waals surface area contributed by atoms with Gasteiger partial charge in [-0.2, -0.15) is 0 Å². The van der Waals surface area contributed by atoms with E-state index in [1.165, 1.54) is 6.07 Å². The summed E-state index contributed by atoms with van der Waals surface area (Å²) in [7, 11) is -3.70. The van der Waals surface area contributed by atoms with E-state index < -0.39 is 33.3 Å². The Bertz CT molecular complexity index is 859. The molecule has 134 valence electrons. The molecule has 0 spiro atoms. The maximum atomic E-state index is 12.9. The SMILES string of the molecule is CCOC(=O)c1ccsc1NC(=O)CCS(=O)(=O)c1ccc(F)cc1. The predicted molar refractivity (Wildman–Crippen MR) is 92.0 cm³/mol. The van der Waals surface area contributed by atoms with Crippen molar-refractivity contribution in [2.24, 2.45) is 0 Å². The van der Waals surface area contributed by atoms with Crippen molar-refractivity contribution >= 4 is 38.1 Å². The summed E-state index contributed by atoms with van der Waals surface area (Å²) in [5, 5.41) is 4.45. The first-order chi connectivity index (χ1) is 11.8. The molecule has 1 aromatic heterocycles. The molecule has 0 radical (unpaired) electrons. The van der Waals surface area contributed by atoms with E-state index in [0.29, 0.717) is 5.00 Å². The van der Waals surface area contributed by atoms with Gasteiger partial charge in [0.1, 0.15) is 10.8 Å². The Morgan fingerprint density at radius 1 is 1.20 bits per heavy atom. The highest BCUT2D eigenvalue weighted by Gasteiger charge is 2.19. The lowest BCUT2D eigenvalue weighted by molar-refractivity contribution is -0.115. The Kier molecular flexibility index (Phi) is 6.27. The highest BCUT2D eigenvalue weighted by Crippen LogP contribution is 2.24. The van der Waals surface area contributed by atoms with Crippen LogP contribution in [0.15, 0.2) is 40.6 Å². The molecule has 2 aromatic rings. The molecule has 0 saturated carbocycles. The van der Waals surface area contributed by atoms with Gasteiger partial charge in [-0.3, -0.25) is 4.79 Å². The van der Waals surface area contributed by atoms with E-state index in [0.717, 1.165) is 35.6 Å². The van der Waals surface area contributed by atoms with Gasteiger partial charge in [-0.05, 0) is 42.6 Å². The van der Waals surface area contributed by atoms with E-state index in [2.05, 4.69) is 5.32 Å². The zero-order valence-electron chi connectivity index (χ0n) is 13.3. The molecule has 1 heterocycles. The van der Waals surface area contributed by atoms with Crippen molar-refractivity contribution in [2.45, 2.75) is 18.2 Å². The number of carbonyl (C=O) groups is 2. The minimum atomic E-state index is -3.70. The van der Waals surface area contributed by atoms with Crippen LogP contribution in [0, 0.1) is 5.82 Å². The summed E-state index contributed by atoms with van der Waals surface area (Å²) < 4.78 is 42.0. The van der Waals surface area contributed by atoms with Crippen LogP contribution in [-0.4, -0.2) is 32.7 Å². The number of benzene rings is 1. The number of thiophene rings is 1. The number of anilines is 1. The fraction of sp³-hybridized carbons (Fsp3) is 0.250. The van der Waals surface area contributed by atoms with Gasteiger partial charge in [0.2, 0.25) is 5.91 Å². The summed E-state index contributed by atoms with van der Waals surface area (Å²) in [6.07, 6.45) is -0.292. The van der Waals surface area contributed by atoms with Gasteiger partial charge in [0, 0.05) is 6.42 Å². The molecule has 1 N–H and O–H groups in total. The normalized spacial score (nSPS) is 11.1. The highest BCUT2D eigenvalue weighted by atomic mass is 32.2. The summed E-state index contributed by atoms with van der Waals surface area (Å²) >= 11 is 1.14. The molecule has 6 nitrogen and oxygen atoms in total. The van der Waals surface area contributed by atoms with Crippen molar-refractivity contribution in [2.75, 3.05) is 17.7 Å². The summed E-state index contributed by atoms with van der Waals surface area (Å²) in [5.41, 5.74) is 0.224. The highest BCUT2D eigenvalue weighted by molar-refractivity contribution is 7.91. The van der Waals surface area contributed by atoms with E-state index in [9.17, 15) is 22.4 Å². The summed E-state index contributed by atoms with van der Waals surface area (Å²) in [6.45, 7) is 1.88. The molecule has 0 atom stereocenters. The summed E-state index contributed by atoms with van der Waals surface area (Å²) in [5.74, 6) is -2.07. The molecule has 0 unspecified atom stereocenters. The fourth-order valence-electron chi connectivity index (χ4n) is 1.95. The van der Waals surface area contributed by atoms with Crippen molar-refractivity contribution in [3.05, 3.63) is 47.1 Å². The zero-order valence-corrected chi connectivity index (χ0v) is 15.0. The molecule has 0 aliphatic heterocycles. The molecule has 0 aliphatic carbocycles. The smallest absolute Gasteiger partial charge is 0.341 e. The Hall–Kier alpha value is -2.26. The number of nitrogens with one attached hydrogen (secondary N) is 1. The molecule has 0 saturated heterocycles. The first-order valence-corrected chi connectivity index (χ1v) is 9.89. The molecule has 0 fully saturated rings. The molecule has 0 aliphatic rings. The number of hydrogen-bond donors (Lipinski definition) is 1. The van der Waals surface area contributed by atoms with Gasteiger partial charge in [-0.25, -0.2) is 17.6 Å². The van der Waals surface area contributed by atoms with Crippen molar-refractivity contribution < 1.29 is 27.1 Å². The third-order valence-electron chi connectivity index (χ3n) is 3.18. The van der Waals surface area contributed by atoms with Crippen LogP contribution in [0.2, 0.25) is 0 Å². The van der Waals surface area contributed by atoms with Crippen LogP contribution in [0.1, 0.15) is 23.7 Å². The molecule has 9 heteroatoms. The first-order valence-electron chi connectivity index (χ1n) is 7.36. The van der Waals surface area contributed by atoms with Crippen LogP contribution >= 0.6 is 11.3 Å². The van der Waals surface area contributed by atoms with Gasteiger partial charge in [0.25, 0.3) is 0 Å². The zero-order chi connectivity index (χ0) is 18.4. The molecule has 1 aromatic carbocycles. The Balaban J connectivity index is 1.98. The topological polar surface area (TPSA) is 89.5 Å². The van der Waals surface area contributed by atoms with Crippen molar-refractivity contribution in [3.63, 3.8) is 0 Å². The summed E-state index contributed by atoms with van der Waals surface area (Å²) in [6, 6.07) is 5.92. The van der Waals surface area contributed by atoms with Crippen LogP contribution in [0.4, 0.5) is 9.39 Å². The number of hydrogen-bond acceptors (Lipinski definition) is 6. The van der Waals surface area contributed by atoms with E-state index >= 15 is 0 Å². The average Bonchev–Trinajstić information content (AvgIpc) is 3.02. The van der Waals surface area contributed by atoms with Gasteiger partial charge in [0.05, 0.1) is 22.8 Å². The molecule has 1 amide bonds. The van der Waals surface area contributed by atoms with E-state index in [1.54, 1.807) is 12.3 Å². The Morgan fingerprint density at radius 2 is 1.88 bits per heavy atom. The van der Waals surface area contributed by atoms with Crippen LogP contribution in [0.25, 0.3) is 0 Å². The maximum absolute atomic E-state index is 12.9. The molecule has 2 rings (SSSR count). The van der Waals surface area contributed by atoms with Crippen LogP contribution in [-0.2, 0) is 19.4 Å². The third kappa shape index (κ3) is 5.10. The van der Waals surface area contributed by atoms with E-state index in [1.807, 2.05) is 0 Å². The second-order valence-corrected chi connectivity index (χ2v) is 7.98. The van der Waals surface area contributed by atoms with E-state index in [-0.39, 0.29) is 23.5 Å². The number of halogens is 1. The molecule has 0 bridgehead atoms. The second-order valence-electron chi connectivity index (χ2n) is 4.95. The first kappa shape index (κ1) is 19.1. The quantitative estimate of drug-likeness (QED) is 0.585. The van der Waals surface area contributed by atoms with Crippen molar-refractivity contribution in [1.29, 1.82) is 0 Å². The minimum absolute atomic E-state index is 0.0509. The van der Waals surface area contributed by atoms with Crippen LogP contribution in [0.5, 0.6) is 0 Å². The van der Waals surface area contributed by atoms with Gasteiger partial charge < -0.3 is 10.1 Å². The fourth-order valence-corrected chi connectivity index (χ4v) is 3.98. The third-order valence-corrected chi connectivity index (χ3v) is 5.75. The van der Waals surface area contributed by atoms with Crippen molar-refractivity contribution in [3.8, 4) is 0 Å². The lowest BCUT2D eigenvalue weighted by Gasteiger charge is -2.07. The number of ether oxygens (including phenoxy) is 1. The number of esters is 1. The van der Waals surface area contributed by atoms with E-state index in [4.69, 9.17) is 4.74 Å². The van der Waals surface area contributed by atoms with Gasteiger partial charge in [-0.1, -0.05) is 0 Å². The maximum Gasteiger partial charge on any atom is 0.341 e. The molecule has 25 heavy (non-hydrogen) atoms. The van der Waals surface area contributed by atoms with Gasteiger partial charge in [0.15, 0.2) is 9.84 Å². The largest absolute Gasteiger partial charge is 0.462 e. The monoisotopic (exact) mass is 385 g/mol. The number of amides is 1. The predicted octanol–water partition coefficient (Wildman–Crippen LogP) is 2.87. The van der Waals surface area contributed by atoms with Gasteiger partial charge in [-0.15, -0.1) is 11.3 Å². The number of sulfone groups is 1. The number of carbonyl (C=O) groups excluding carboxylic acids is 2. The standard InChI is InChI=1S/C16H16FNO5S2/c1-2-23-16(20)13-7-9-24-15(13)18-14(19)8-10-25(21,22)12-5-3-11(17)4-6-12/h3-7,9H,2,8,10H2,1H3,(H,18,19). The van der Waals surface area contributed by atoms with Gasteiger partial charge >= 0.3 is 5.97 Å². The lowest BCUT2D eigenvalue weighted by atomic mass is 10.3. The van der Waals surface area contributed by atoms with Crippen LogP contribution in [0.3, 0.4) is 0 Å². The molecular weight excluding hydrogens is 369 g/mol. The minimum Gasteiger partial charge on any atom is -0.462 e. The Labute approximate surface area is 148 Å². The lowest BCUT2D eigenvalue weighted by Crippen LogP contribution is -2.18.